The SMILES string of the molecule is CNC(=O)Oc1ccc(N(C)C(N)=O)c2c1CCCC2. The van der Waals surface area contributed by atoms with Crippen molar-refractivity contribution in [3.05, 3.63) is 23.3 Å². The van der Waals surface area contributed by atoms with Gasteiger partial charge in [-0.15, -0.1) is 0 Å². The van der Waals surface area contributed by atoms with Crippen molar-refractivity contribution in [3.8, 4) is 5.75 Å². The Morgan fingerprint density at radius 3 is 2.50 bits per heavy atom. The van der Waals surface area contributed by atoms with Crippen LogP contribution in [0.15, 0.2) is 12.1 Å². The third-order valence-corrected chi connectivity index (χ3v) is 3.57. The molecule has 0 aromatic heterocycles. The number of carbonyl (C=O) groups is 2. The highest BCUT2D eigenvalue weighted by Crippen LogP contribution is 2.36. The molecule has 0 saturated heterocycles. The number of benzene rings is 1. The van der Waals surface area contributed by atoms with Crippen LogP contribution in [0.1, 0.15) is 24.0 Å². The van der Waals surface area contributed by atoms with Crippen molar-refractivity contribution in [2.45, 2.75) is 25.7 Å². The van der Waals surface area contributed by atoms with E-state index in [1.54, 1.807) is 19.2 Å². The van der Waals surface area contributed by atoms with Crippen LogP contribution in [0.25, 0.3) is 0 Å². The van der Waals surface area contributed by atoms with Gasteiger partial charge in [-0.3, -0.25) is 4.90 Å². The molecule has 0 unspecified atom stereocenters. The first-order chi connectivity index (χ1) is 9.54. The quantitative estimate of drug-likeness (QED) is 0.864. The first kappa shape index (κ1) is 14.2. The first-order valence-electron chi connectivity index (χ1n) is 6.62. The van der Waals surface area contributed by atoms with Gasteiger partial charge in [-0.1, -0.05) is 0 Å². The lowest BCUT2D eigenvalue weighted by Crippen LogP contribution is -2.33. The number of nitrogens with two attached hydrogens (primary N) is 1. The molecule has 2 rings (SSSR count). The van der Waals surface area contributed by atoms with Crippen molar-refractivity contribution in [1.29, 1.82) is 0 Å². The summed E-state index contributed by atoms with van der Waals surface area (Å²) in [6.07, 6.45) is 3.29. The number of carbonyl (C=O) groups excluding carboxylic acids is 2. The summed E-state index contributed by atoms with van der Waals surface area (Å²) >= 11 is 0. The van der Waals surface area contributed by atoms with Crippen molar-refractivity contribution >= 4 is 17.8 Å². The highest BCUT2D eigenvalue weighted by molar-refractivity contribution is 5.91. The molecule has 6 nitrogen and oxygen atoms in total. The van der Waals surface area contributed by atoms with E-state index in [2.05, 4.69) is 5.32 Å². The Hall–Kier alpha value is -2.24. The van der Waals surface area contributed by atoms with Gasteiger partial charge in [0.1, 0.15) is 5.75 Å². The van der Waals surface area contributed by atoms with Crippen LogP contribution in [-0.2, 0) is 12.8 Å². The number of nitrogens with one attached hydrogen (secondary N) is 1. The molecule has 0 heterocycles. The van der Waals surface area contributed by atoms with Crippen LogP contribution in [0, 0.1) is 0 Å². The van der Waals surface area contributed by atoms with Crippen LogP contribution >= 0.6 is 0 Å². The summed E-state index contributed by atoms with van der Waals surface area (Å²) in [5.41, 5.74) is 8.15. The number of anilines is 1. The molecule has 0 aliphatic heterocycles. The van der Waals surface area contributed by atoms with Crippen LogP contribution in [0.5, 0.6) is 5.75 Å². The lowest BCUT2D eigenvalue weighted by atomic mass is 9.89. The Morgan fingerprint density at radius 1 is 1.25 bits per heavy atom. The van der Waals surface area contributed by atoms with Gasteiger partial charge in [-0.05, 0) is 43.4 Å². The summed E-state index contributed by atoms with van der Waals surface area (Å²) in [6, 6.07) is 2.99. The minimum absolute atomic E-state index is 0.492. The van der Waals surface area contributed by atoms with Crippen molar-refractivity contribution in [2.24, 2.45) is 5.73 Å². The number of fused-ring (bicyclic) bond motifs is 1. The molecule has 0 radical (unpaired) electrons. The molecule has 3 amide bonds. The normalized spacial score (nSPS) is 13.3. The van der Waals surface area contributed by atoms with Crippen molar-refractivity contribution in [2.75, 3.05) is 19.0 Å². The second-order valence-electron chi connectivity index (χ2n) is 4.78. The molecule has 0 fully saturated rings. The average Bonchev–Trinajstić information content (AvgIpc) is 2.46. The number of amides is 3. The standard InChI is InChI=1S/C14H19N3O3/c1-16-14(19)20-12-8-7-11(17(2)13(15)18)9-5-3-4-6-10(9)12/h7-8H,3-6H2,1-2H3,(H2,15,18)(H,16,19). The molecule has 20 heavy (non-hydrogen) atoms. The zero-order chi connectivity index (χ0) is 14.7. The number of ether oxygens (including phenoxy) is 1. The summed E-state index contributed by atoms with van der Waals surface area (Å²) in [4.78, 5) is 24.1. The maximum Gasteiger partial charge on any atom is 0.412 e. The Bertz CT molecular complexity index is 543. The molecular formula is C14H19N3O3. The van der Waals surface area contributed by atoms with E-state index in [1.807, 2.05) is 0 Å². The van der Waals surface area contributed by atoms with E-state index in [9.17, 15) is 9.59 Å². The van der Waals surface area contributed by atoms with Gasteiger partial charge in [-0.25, -0.2) is 9.59 Å². The minimum atomic E-state index is -0.502. The molecule has 1 aromatic carbocycles. The third-order valence-electron chi connectivity index (χ3n) is 3.57. The van der Waals surface area contributed by atoms with Crippen LogP contribution in [0.2, 0.25) is 0 Å². The van der Waals surface area contributed by atoms with Gasteiger partial charge in [0.2, 0.25) is 0 Å². The second kappa shape index (κ2) is 5.81. The maximum atomic E-state index is 11.4. The molecule has 0 spiro atoms. The Morgan fingerprint density at radius 2 is 1.90 bits per heavy atom. The molecule has 1 aromatic rings. The Kier molecular flexibility index (Phi) is 4.12. The van der Waals surface area contributed by atoms with Gasteiger partial charge in [-0.2, -0.15) is 0 Å². The van der Waals surface area contributed by atoms with E-state index in [0.717, 1.165) is 42.5 Å². The summed E-state index contributed by atoms with van der Waals surface area (Å²) in [7, 11) is 3.16. The van der Waals surface area contributed by atoms with Gasteiger partial charge < -0.3 is 15.8 Å². The van der Waals surface area contributed by atoms with E-state index in [4.69, 9.17) is 10.5 Å². The third kappa shape index (κ3) is 2.68. The van der Waals surface area contributed by atoms with Gasteiger partial charge in [0.15, 0.2) is 0 Å². The monoisotopic (exact) mass is 277 g/mol. The Labute approximate surface area is 117 Å². The first-order valence-corrected chi connectivity index (χ1v) is 6.62. The molecule has 0 bridgehead atoms. The zero-order valence-corrected chi connectivity index (χ0v) is 11.7. The smallest absolute Gasteiger partial charge is 0.410 e. The van der Waals surface area contributed by atoms with Gasteiger partial charge >= 0.3 is 12.1 Å². The number of rotatable bonds is 2. The van der Waals surface area contributed by atoms with Gasteiger partial charge in [0.25, 0.3) is 0 Å². The summed E-state index contributed by atoms with van der Waals surface area (Å²) in [6.45, 7) is 0. The molecule has 3 N–H and O–H groups in total. The lowest BCUT2D eigenvalue weighted by molar-refractivity contribution is 0.202. The van der Waals surface area contributed by atoms with Crippen LogP contribution < -0.4 is 20.7 Å². The fraction of sp³-hybridized carbons (Fsp3) is 0.429. The van der Waals surface area contributed by atoms with Crippen molar-refractivity contribution in [3.63, 3.8) is 0 Å². The minimum Gasteiger partial charge on any atom is -0.410 e. The molecule has 0 saturated carbocycles. The predicted molar refractivity (Wildman–Crippen MR) is 76.2 cm³/mol. The van der Waals surface area contributed by atoms with Crippen LogP contribution in [0.3, 0.4) is 0 Å². The molecule has 6 heteroatoms. The average molecular weight is 277 g/mol. The number of urea groups is 1. The highest BCUT2D eigenvalue weighted by atomic mass is 16.6. The summed E-state index contributed by atoms with van der Waals surface area (Å²) in [5.74, 6) is 0.556. The van der Waals surface area contributed by atoms with E-state index in [0.29, 0.717) is 5.75 Å². The molecule has 108 valence electrons. The van der Waals surface area contributed by atoms with E-state index >= 15 is 0 Å². The molecule has 0 atom stereocenters. The number of nitrogens with zero attached hydrogens (tertiary/aromatic N) is 1. The van der Waals surface area contributed by atoms with Gasteiger partial charge in [0, 0.05) is 25.3 Å². The van der Waals surface area contributed by atoms with Gasteiger partial charge in [0.05, 0.1) is 0 Å². The number of primary amides is 1. The number of hydrogen-bond acceptors (Lipinski definition) is 3. The van der Waals surface area contributed by atoms with E-state index in [1.165, 1.54) is 11.9 Å². The van der Waals surface area contributed by atoms with Crippen molar-refractivity contribution < 1.29 is 14.3 Å². The largest absolute Gasteiger partial charge is 0.412 e. The summed E-state index contributed by atoms with van der Waals surface area (Å²) in [5, 5.41) is 2.43. The fourth-order valence-corrected chi connectivity index (χ4v) is 2.50. The fourth-order valence-electron chi connectivity index (χ4n) is 2.50. The highest BCUT2D eigenvalue weighted by Gasteiger charge is 2.22. The zero-order valence-electron chi connectivity index (χ0n) is 11.7. The second-order valence-corrected chi connectivity index (χ2v) is 4.78. The number of hydrogen-bond donors (Lipinski definition) is 2. The maximum absolute atomic E-state index is 11.4. The Balaban J connectivity index is 2.43. The van der Waals surface area contributed by atoms with Crippen LogP contribution in [-0.4, -0.2) is 26.2 Å². The molecule has 1 aliphatic rings. The lowest BCUT2D eigenvalue weighted by Gasteiger charge is -2.25. The van der Waals surface area contributed by atoms with E-state index < -0.39 is 12.1 Å². The predicted octanol–water partition coefficient (Wildman–Crippen LogP) is 1.80. The topological polar surface area (TPSA) is 84.7 Å². The van der Waals surface area contributed by atoms with E-state index in [-0.39, 0.29) is 0 Å². The molecular weight excluding hydrogens is 258 g/mol. The van der Waals surface area contributed by atoms with Crippen molar-refractivity contribution in [1.82, 2.24) is 5.32 Å². The molecule has 1 aliphatic carbocycles. The summed E-state index contributed by atoms with van der Waals surface area (Å²) < 4.78 is 5.27. The van der Waals surface area contributed by atoms with Crippen LogP contribution in [0.4, 0.5) is 15.3 Å².